The van der Waals surface area contributed by atoms with E-state index in [1.807, 2.05) is 41.5 Å². The minimum atomic E-state index is -1.12. The van der Waals surface area contributed by atoms with Gasteiger partial charge < -0.3 is 30.1 Å². The van der Waals surface area contributed by atoms with Gasteiger partial charge in [-0.15, -0.1) is 0 Å². The second-order valence-corrected chi connectivity index (χ2v) is 11.1. The first kappa shape index (κ1) is 26.4. The van der Waals surface area contributed by atoms with Crippen molar-refractivity contribution < 1.29 is 29.0 Å². The monoisotopic (exact) mass is 501 g/mol. The van der Waals surface area contributed by atoms with Gasteiger partial charge in [0.25, 0.3) is 0 Å². The van der Waals surface area contributed by atoms with Gasteiger partial charge >= 0.3 is 0 Å². The van der Waals surface area contributed by atoms with Gasteiger partial charge in [-0.25, -0.2) is 0 Å². The number of carbonyl (C=O) groups is 3. The number of likely N-dealkylation sites (tertiary alicyclic amines) is 1. The number of amides is 3. The number of benzene rings is 1. The molecule has 9 nitrogen and oxygen atoms in total. The van der Waals surface area contributed by atoms with Crippen molar-refractivity contribution in [2.45, 2.75) is 83.7 Å². The lowest BCUT2D eigenvalue weighted by Crippen LogP contribution is -2.59. The minimum Gasteiger partial charge on any atom is -0.494 e. The van der Waals surface area contributed by atoms with Crippen LogP contribution in [0.1, 0.15) is 54.4 Å². The van der Waals surface area contributed by atoms with Crippen molar-refractivity contribution in [3.05, 3.63) is 24.3 Å². The predicted octanol–water partition coefficient (Wildman–Crippen LogP) is 2.33. The summed E-state index contributed by atoms with van der Waals surface area (Å²) in [6.45, 7) is 11.6. The van der Waals surface area contributed by atoms with Gasteiger partial charge in [-0.2, -0.15) is 0 Å². The maximum Gasteiger partial charge on any atom is 0.246 e. The van der Waals surface area contributed by atoms with E-state index in [0.717, 1.165) is 0 Å². The van der Waals surface area contributed by atoms with Gasteiger partial charge in [-0.05, 0) is 70.7 Å². The highest BCUT2D eigenvalue weighted by molar-refractivity contribution is 6.02. The largest absolute Gasteiger partial charge is 0.494 e. The van der Waals surface area contributed by atoms with E-state index < -0.39 is 35.1 Å². The number of nitrogens with zero attached hydrogens (tertiary/aromatic N) is 1. The first-order chi connectivity index (χ1) is 17.0. The van der Waals surface area contributed by atoms with Crippen LogP contribution in [0.2, 0.25) is 0 Å². The molecule has 0 radical (unpaired) electrons. The van der Waals surface area contributed by atoms with E-state index in [0.29, 0.717) is 30.9 Å². The van der Waals surface area contributed by atoms with Crippen molar-refractivity contribution >= 4 is 23.4 Å². The molecule has 3 heterocycles. The molecule has 4 rings (SSSR count). The summed E-state index contributed by atoms with van der Waals surface area (Å²) in [7, 11) is 0. The van der Waals surface area contributed by atoms with E-state index in [4.69, 9.17) is 9.47 Å². The summed E-state index contributed by atoms with van der Waals surface area (Å²) in [6, 6.07) is 5.47. The minimum absolute atomic E-state index is 0.0903. The zero-order valence-corrected chi connectivity index (χ0v) is 22.0. The van der Waals surface area contributed by atoms with Crippen LogP contribution in [0.4, 0.5) is 5.69 Å². The molecule has 3 aliphatic rings. The highest BCUT2D eigenvalue weighted by Crippen LogP contribution is 2.63. The summed E-state index contributed by atoms with van der Waals surface area (Å²) in [5, 5.41) is 16.1. The number of ether oxygens (including phenoxy) is 2. The van der Waals surface area contributed by atoms with Crippen molar-refractivity contribution in [3.63, 3.8) is 0 Å². The number of hydrogen-bond acceptors (Lipinski definition) is 6. The smallest absolute Gasteiger partial charge is 0.246 e. The Hall–Kier alpha value is -2.65. The second kappa shape index (κ2) is 9.67. The fraction of sp³-hybridized carbons (Fsp3) is 0.667. The van der Waals surface area contributed by atoms with Crippen LogP contribution in [0.25, 0.3) is 0 Å². The zero-order chi connectivity index (χ0) is 26.4. The number of aliphatic hydroxyl groups is 1. The molecule has 1 aromatic carbocycles. The van der Waals surface area contributed by atoms with Gasteiger partial charge in [-0.3, -0.25) is 14.4 Å². The summed E-state index contributed by atoms with van der Waals surface area (Å²) in [4.78, 5) is 42.8. The van der Waals surface area contributed by atoms with Crippen molar-refractivity contribution in [2.75, 3.05) is 18.5 Å². The van der Waals surface area contributed by atoms with Crippen molar-refractivity contribution in [3.8, 4) is 5.75 Å². The van der Waals surface area contributed by atoms with Crippen LogP contribution >= 0.6 is 0 Å². The van der Waals surface area contributed by atoms with E-state index in [-0.39, 0.29) is 36.3 Å². The van der Waals surface area contributed by atoms with E-state index in [1.54, 1.807) is 24.3 Å². The molecule has 1 aromatic rings. The standard InChI is InChI=1S/C27H39N3O6/c1-7-35-18-10-8-17(9-11-18)29-23(32)20-21-25(34)30(19(14-31)15(2)3)22(24(33)28-16(4)5)27(21)13-12-26(20,6)36-27/h8-11,15-16,19-22,31H,7,12-14H2,1-6H3,(H,28,33)(H,29,32)/t19-,20+,21-,22?,26-,27?/m0/s1. The molecule has 6 atom stereocenters. The molecular weight excluding hydrogens is 462 g/mol. The average Bonchev–Trinajstić information content (AvgIpc) is 3.36. The number of nitrogens with one attached hydrogen (secondary N) is 2. The Morgan fingerprint density at radius 3 is 2.39 bits per heavy atom. The van der Waals surface area contributed by atoms with E-state index in [1.165, 1.54) is 4.90 Å². The molecule has 3 amide bonds. The molecule has 198 valence electrons. The highest BCUT2D eigenvalue weighted by atomic mass is 16.5. The summed E-state index contributed by atoms with van der Waals surface area (Å²) in [5.41, 5.74) is -1.39. The molecule has 36 heavy (non-hydrogen) atoms. The number of rotatable bonds is 9. The number of aliphatic hydroxyl groups excluding tert-OH is 1. The van der Waals surface area contributed by atoms with Crippen LogP contribution in [0, 0.1) is 17.8 Å². The molecule has 2 bridgehead atoms. The molecule has 9 heteroatoms. The van der Waals surface area contributed by atoms with Gasteiger partial charge in [-0.1, -0.05) is 13.8 Å². The lowest BCUT2D eigenvalue weighted by molar-refractivity contribution is -0.150. The number of carbonyl (C=O) groups excluding carboxylic acids is 3. The third-order valence-electron chi connectivity index (χ3n) is 7.92. The second-order valence-electron chi connectivity index (χ2n) is 11.1. The summed E-state index contributed by atoms with van der Waals surface area (Å²) >= 11 is 0. The van der Waals surface area contributed by atoms with Crippen LogP contribution in [0.5, 0.6) is 5.75 Å². The quantitative estimate of drug-likeness (QED) is 0.478. The number of fused-ring (bicyclic) bond motifs is 1. The number of hydrogen-bond donors (Lipinski definition) is 3. The first-order valence-corrected chi connectivity index (χ1v) is 13.0. The summed E-state index contributed by atoms with van der Waals surface area (Å²) < 4.78 is 12.1. The maximum atomic E-state index is 14.1. The molecule has 0 saturated carbocycles. The molecule has 3 fully saturated rings. The van der Waals surface area contributed by atoms with Crippen molar-refractivity contribution in [2.24, 2.45) is 17.8 Å². The van der Waals surface area contributed by atoms with Gasteiger partial charge in [0, 0.05) is 11.7 Å². The van der Waals surface area contributed by atoms with Crippen molar-refractivity contribution in [1.82, 2.24) is 10.2 Å². The molecule has 2 unspecified atom stereocenters. The Morgan fingerprint density at radius 1 is 1.17 bits per heavy atom. The van der Waals surface area contributed by atoms with Crippen molar-refractivity contribution in [1.29, 1.82) is 0 Å². The van der Waals surface area contributed by atoms with Gasteiger partial charge in [0.15, 0.2) is 0 Å². The fourth-order valence-electron chi connectivity index (χ4n) is 6.43. The van der Waals surface area contributed by atoms with E-state index >= 15 is 0 Å². The Labute approximate surface area is 212 Å². The predicted molar refractivity (Wildman–Crippen MR) is 134 cm³/mol. The first-order valence-electron chi connectivity index (χ1n) is 13.0. The maximum absolute atomic E-state index is 14.1. The molecule has 3 aliphatic heterocycles. The van der Waals surface area contributed by atoms with Gasteiger partial charge in [0.1, 0.15) is 17.4 Å². The van der Waals surface area contributed by atoms with Crippen LogP contribution in [0.15, 0.2) is 24.3 Å². The molecular formula is C27H39N3O6. The average molecular weight is 502 g/mol. The SMILES string of the molecule is CCOc1ccc(NC(=O)[C@H]2[C@H]3C(=O)N([C@@H](CO)C(C)C)C(C(=O)NC(C)C)C34CC[C@]2(C)O4)cc1. The molecule has 1 spiro atoms. The topological polar surface area (TPSA) is 117 Å². The molecule has 3 N–H and O–H groups in total. The summed E-state index contributed by atoms with van der Waals surface area (Å²) in [5.74, 6) is -1.89. The van der Waals surface area contributed by atoms with Gasteiger partial charge in [0.2, 0.25) is 17.7 Å². The molecule has 0 aromatic heterocycles. The Balaban J connectivity index is 1.70. The Kier molecular flexibility index (Phi) is 7.09. The number of anilines is 1. The Bertz CT molecular complexity index is 1010. The van der Waals surface area contributed by atoms with Crippen LogP contribution < -0.4 is 15.4 Å². The third kappa shape index (κ3) is 4.16. The third-order valence-corrected chi connectivity index (χ3v) is 7.92. The molecule has 0 aliphatic carbocycles. The van der Waals surface area contributed by atoms with E-state index in [2.05, 4.69) is 10.6 Å². The van der Waals surface area contributed by atoms with Crippen LogP contribution in [-0.2, 0) is 19.1 Å². The highest BCUT2D eigenvalue weighted by Gasteiger charge is 2.78. The summed E-state index contributed by atoms with van der Waals surface area (Å²) in [6.07, 6.45) is 1.05. The van der Waals surface area contributed by atoms with Gasteiger partial charge in [0.05, 0.1) is 36.7 Å². The normalized spacial score (nSPS) is 31.6. The zero-order valence-electron chi connectivity index (χ0n) is 22.0. The molecule has 3 saturated heterocycles. The lowest BCUT2D eigenvalue weighted by Gasteiger charge is -2.38. The van der Waals surface area contributed by atoms with E-state index in [9.17, 15) is 19.5 Å². The lowest BCUT2D eigenvalue weighted by atomic mass is 9.66. The van der Waals surface area contributed by atoms with Crippen LogP contribution in [0.3, 0.4) is 0 Å². The van der Waals surface area contributed by atoms with Crippen LogP contribution in [-0.4, -0.2) is 70.3 Å². The Morgan fingerprint density at radius 2 is 1.83 bits per heavy atom. The fourth-order valence-corrected chi connectivity index (χ4v) is 6.43.